The van der Waals surface area contributed by atoms with Crippen molar-refractivity contribution in [1.29, 1.82) is 0 Å². The third-order valence-corrected chi connectivity index (χ3v) is 6.01. The molecule has 3 aromatic rings. The topological polar surface area (TPSA) is 139 Å². The molecule has 0 bridgehead atoms. The summed E-state index contributed by atoms with van der Waals surface area (Å²) < 4.78 is 10.4. The van der Waals surface area contributed by atoms with E-state index in [1.165, 1.54) is 25.5 Å². The van der Waals surface area contributed by atoms with Gasteiger partial charge in [-0.1, -0.05) is 0 Å². The summed E-state index contributed by atoms with van der Waals surface area (Å²) >= 11 is 5.29. The zero-order chi connectivity index (χ0) is 26.4. The number of hydrogen-bond acceptors (Lipinski definition) is 8. The summed E-state index contributed by atoms with van der Waals surface area (Å²) in [6.45, 7) is 1.48. The standard InChI is InChI=1S/C25H25N5O6S/c1-35-21-10-8-17(26-24(32)22-6-5-13-36-22)15-18(21)27-25(37)28-23(31)16-7-9-19(20(14-16)30(33)34)29-11-3-2-4-12-29/h5-10,13-15H,2-4,11-12H2,1H3,(H,26,32)(H2,27,28,31,37). The Bertz CT molecular complexity index is 1320. The molecule has 0 saturated carbocycles. The van der Waals surface area contributed by atoms with E-state index < -0.39 is 16.7 Å². The summed E-state index contributed by atoms with van der Waals surface area (Å²) in [5, 5.41) is 19.8. The number of ether oxygens (including phenoxy) is 1. The fraction of sp³-hybridized carbons (Fsp3) is 0.240. The summed E-state index contributed by atoms with van der Waals surface area (Å²) in [7, 11) is 1.46. The van der Waals surface area contributed by atoms with Crippen molar-refractivity contribution >= 4 is 51.9 Å². The molecule has 2 heterocycles. The molecule has 1 aliphatic rings. The van der Waals surface area contributed by atoms with Crippen LogP contribution in [-0.4, -0.2) is 42.0 Å². The molecule has 37 heavy (non-hydrogen) atoms. The van der Waals surface area contributed by atoms with Gasteiger partial charge in [0.25, 0.3) is 17.5 Å². The van der Waals surface area contributed by atoms with Crippen molar-refractivity contribution in [2.24, 2.45) is 0 Å². The van der Waals surface area contributed by atoms with Gasteiger partial charge >= 0.3 is 0 Å². The van der Waals surface area contributed by atoms with Crippen molar-refractivity contribution in [3.05, 3.63) is 76.2 Å². The van der Waals surface area contributed by atoms with Gasteiger partial charge in [0.1, 0.15) is 11.4 Å². The lowest BCUT2D eigenvalue weighted by Gasteiger charge is -2.28. The maximum absolute atomic E-state index is 12.8. The summed E-state index contributed by atoms with van der Waals surface area (Å²) in [5.74, 6) is -0.485. The number of carbonyl (C=O) groups excluding carboxylic acids is 2. The van der Waals surface area contributed by atoms with Crippen molar-refractivity contribution < 1.29 is 23.7 Å². The molecule has 1 aromatic heterocycles. The molecule has 0 radical (unpaired) electrons. The molecule has 1 aliphatic heterocycles. The minimum atomic E-state index is -0.605. The van der Waals surface area contributed by atoms with Crippen molar-refractivity contribution in [3.8, 4) is 5.75 Å². The minimum Gasteiger partial charge on any atom is -0.495 e. The first kappa shape index (κ1) is 25.6. The molecule has 12 heteroatoms. The zero-order valence-electron chi connectivity index (χ0n) is 20.0. The van der Waals surface area contributed by atoms with E-state index in [0.29, 0.717) is 22.8 Å². The number of piperidine rings is 1. The van der Waals surface area contributed by atoms with Crippen LogP contribution in [0.4, 0.5) is 22.7 Å². The number of nitrogens with one attached hydrogen (secondary N) is 3. The second-order valence-electron chi connectivity index (χ2n) is 8.26. The number of amides is 2. The van der Waals surface area contributed by atoms with Crippen molar-refractivity contribution in [1.82, 2.24) is 5.32 Å². The average Bonchev–Trinajstić information content (AvgIpc) is 3.44. The van der Waals surface area contributed by atoms with E-state index in [2.05, 4.69) is 16.0 Å². The number of furan rings is 1. The molecular formula is C25H25N5O6S. The van der Waals surface area contributed by atoms with E-state index in [9.17, 15) is 19.7 Å². The van der Waals surface area contributed by atoms with Gasteiger partial charge in [-0.05, 0) is 73.9 Å². The number of nitro benzene ring substituents is 1. The van der Waals surface area contributed by atoms with E-state index in [4.69, 9.17) is 21.4 Å². The van der Waals surface area contributed by atoms with E-state index in [1.54, 1.807) is 36.4 Å². The van der Waals surface area contributed by atoms with Gasteiger partial charge in [0.15, 0.2) is 10.9 Å². The van der Waals surface area contributed by atoms with Crippen LogP contribution in [-0.2, 0) is 0 Å². The quantitative estimate of drug-likeness (QED) is 0.231. The van der Waals surface area contributed by atoms with E-state index in [-0.39, 0.29) is 22.1 Å². The first-order valence-corrected chi connectivity index (χ1v) is 11.9. The molecule has 0 aliphatic carbocycles. The predicted octanol–water partition coefficient (Wildman–Crippen LogP) is 4.57. The van der Waals surface area contributed by atoms with Crippen LogP contribution in [0.1, 0.15) is 40.2 Å². The fourth-order valence-corrected chi connectivity index (χ4v) is 4.23. The molecule has 4 rings (SSSR count). The number of hydrogen-bond donors (Lipinski definition) is 3. The second-order valence-corrected chi connectivity index (χ2v) is 8.67. The number of methoxy groups -OCH3 is 1. The van der Waals surface area contributed by atoms with Gasteiger partial charge < -0.3 is 24.7 Å². The van der Waals surface area contributed by atoms with Gasteiger partial charge in [-0.3, -0.25) is 25.0 Å². The number of nitrogens with zero attached hydrogens (tertiary/aromatic N) is 2. The molecular weight excluding hydrogens is 498 g/mol. The van der Waals surface area contributed by atoms with E-state index in [0.717, 1.165) is 32.4 Å². The lowest BCUT2D eigenvalue weighted by molar-refractivity contribution is -0.384. The Morgan fingerprint density at radius 1 is 1.05 bits per heavy atom. The van der Waals surface area contributed by atoms with E-state index in [1.807, 2.05) is 4.90 Å². The highest BCUT2D eigenvalue weighted by molar-refractivity contribution is 7.80. The second kappa shape index (κ2) is 11.5. The highest BCUT2D eigenvalue weighted by atomic mass is 32.1. The third-order valence-electron chi connectivity index (χ3n) is 5.81. The number of nitro groups is 1. The van der Waals surface area contributed by atoms with Crippen LogP contribution in [0.3, 0.4) is 0 Å². The van der Waals surface area contributed by atoms with Gasteiger partial charge in [-0.25, -0.2) is 0 Å². The first-order chi connectivity index (χ1) is 17.9. The Balaban J connectivity index is 1.46. The Hall–Kier alpha value is -4.45. The van der Waals surface area contributed by atoms with Crippen LogP contribution in [0, 0.1) is 10.1 Å². The Labute approximate surface area is 217 Å². The van der Waals surface area contributed by atoms with Gasteiger partial charge in [0, 0.05) is 30.4 Å². The molecule has 2 aromatic carbocycles. The Kier molecular flexibility index (Phi) is 7.98. The number of thiocarbonyl (C=S) groups is 1. The lowest BCUT2D eigenvalue weighted by Crippen LogP contribution is -2.34. The molecule has 0 unspecified atom stereocenters. The maximum atomic E-state index is 12.8. The number of carbonyl (C=O) groups is 2. The number of benzene rings is 2. The summed E-state index contributed by atoms with van der Waals surface area (Å²) in [4.78, 5) is 38.3. The predicted molar refractivity (Wildman–Crippen MR) is 143 cm³/mol. The van der Waals surface area contributed by atoms with Gasteiger partial charge in [-0.15, -0.1) is 0 Å². The van der Waals surface area contributed by atoms with Crippen molar-refractivity contribution in [2.45, 2.75) is 19.3 Å². The van der Waals surface area contributed by atoms with Crippen molar-refractivity contribution in [2.75, 3.05) is 35.7 Å². The first-order valence-electron chi connectivity index (χ1n) is 11.5. The third kappa shape index (κ3) is 6.22. The Morgan fingerprint density at radius 3 is 2.51 bits per heavy atom. The maximum Gasteiger partial charge on any atom is 0.293 e. The van der Waals surface area contributed by atoms with Crippen LogP contribution >= 0.6 is 12.2 Å². The monoisotopic (exact) mass is 523 g/mol. The van der Waals surface area contributed by atoms with Crippen LogP contribution in [0.15, 0.2) is 59.2 Å². The SMILES string of the molecule is COc1ccc(NC(=O)c2ccco2)cc1NC(=S)NC(=O)c1ccc(N2CCCCC2)c([N+](=O)[O-])c1. The minimum absolute atomic E-state index is 0.0550. The highest BCUT2D eigenvalue weighted by Crippen LogP contribution is 2.32. The lowest BCUT2D eigenvalue weighted by atomic mass is 10.1. The van der Waals surface area contributed by atoms with Gasteiger partial charge in [-0.2, -0.15) is 0 Å². The van der Waals surface area contributed by atoms with E-state index >= 15 is 0 Å². The van der Waals surface area contributed by atoms with Gasteiger partial charge in [0.2, 0.25) is 0 Å². The number of rotatable bonds is 7. The molecule has 0 spiro atoms. The summed E-state index contributed by atoms with van der Waals surface area (Å²) in [5.41, 5.74) is 1.29. The molecule has 3 N–H and O–H groups in total. The van der Waals surface area contributed by atoms with Gasteiger partial charge in [0.05, 0.1) is 24.0 Å². The highest BCUT2D eigenvalue weighted by Gasteiger charge is 2.23. The summed E-state index contributed by atoms with van der Waals surface area (Å²) in [6, 6.07) is 12.4. The smallest absolute Gasteiger partial charge is 0.293 e. The van der Waals surface area contributed by atoms with Crippen molar-refractivity contribution in [3.63, 3.8) is 0 Å². The van der Waals surface area contributed by atoms with Crippen LogP contribution in [0.2, 0.25) is 0 Å². The molecule has 1 fully saturated rings. The van der Waals surface area contributed by atoms with Crippen LogP contribution < -0.4 is 25.6 Å². The van der Waals surface area contributed by atoms with Crippen LogP contribution in [0.5, 0.6) is 5.75 Å². The normalized spacial score (nSPS) is 12.9. The number of anilines is 3. The average molecular weight is 524 g/mol. The molecule has 1 saturated heterocycles. The summed E-state index contributed by atoms with van der Waals surface area (Å²) in [6.07, 6.45) is 4.43. The molecule has 11 nitrogen and oxygen atoms in total. The molecule has 192 valence electrons. The zero-order valence-corrected chi connectivity index (χ0v) is 20.8. The van der Waals surface area contributed by atoms with Crippen LogP contribution in [0.25, 0.3) is 0 Å². The molecule has 2 amide bonds. The fourth-order valence-electron chi connectivity index (χ4n) is 4.03. The largest absolute Gasteiger partial charge is 0.495 e. The Morgan fingerprint density at radius 2 is 1.84 bits per heavy atom. The molecule has 0 atom stereocenters.